The molecule has 4 heteroatoms. The second-order valence-electron chi connectivity index (χ2n) is 9.40. The fraction of sp³-hybridized carbons (Fsp3) is 0.114. The van der Waals surface area contributed by atoms with Crippen molar-refractivity contribution < 1.29 is 9.59 Å². The Kier molecular flexibility index (Phi) is 7.74. The third-order valence-electron chi connectivity index (χ3n) is 6.82. The van der Waals surface area contributed by atoms with Gasteiger partial charge in [-0.05, 0) is 17.5 Å². The molecule has 0 radical (unpaired) electrons. The molecule has 4 aromatic carbocycles. The molecule has 1 heterocycles. The Hall–Kier alpha value is -4.83. The predicted octanol–water partition coefficient (Wildman–Crippen LogP) is 7.44. The number of unbranched alkanes of at least 4 members (excludes halogenated alkanes) is 1. The van der Waals surface area contributed by atoms with E-state index in [2.05, 4.69) is 6.92 Å². The van der Waals surface area contributed by atoms with Crippen LogP contribution < -0.4 is 5.43 Å². The summed E-state index contributed by atoms with van der Waals surface area (Å²) in [6, 6.07) is 36.6. The van der Waals surface area contributed by atoms with Gasteiger partial charge in [0.25, 0.3) is 0 Å². The highest BCUT2D eigenvalue weighted by Crippen LogP contribution is 2.33. The Labute approximate surface area is 228 Å². The summed E-state index contributed by atoms with van der Waals surface area (Å²) in [6.07, 6.45) is 1.71. The van der Waals surface area contributed by atoms with Crippen LogP contribution in [-0.2, 0) is 6.54 Å². The number of pyridine rings is 1. The van der Waals surface area contributed by atoms with Gasteiger partial charge in [0.1, 0.15) is 0 Å². The molecule has 0 N–H and O–H groups in total. The Balaban J connectivity index is 1.96. The molecule has 192 valence electrons. The van der Waals surface area contributed by atoms with Crippen LogP contribution in [0.1, 0.15) is 51.6 Å². The molecule has 39 heavy (non-hydrogen) atoms. The van der Waals surface area contributed by atoms with E-state index in [1.807, 2.05) is 77.4 Å². The van der Waals surface area contributed by atoms with Gasteiger partial charge in [-0.3, -0.25) is 14.4 Å². The molecule has 0 aliphatic carbocycles. The minimum absolute atomic E-state index is 0.0162. The van der Waals surface area contributed by atoms with E-state index in [1.54, 1.807) is 48.5 Å². The van der Waals surface area contributed by atoms with Gasteiger partial charge in [0.15, 0.2) is 11.6 Å². The lowest BCUT2D eigenvalue weighted by atomic mass is 9.89. The van der Waals surface area contributed by atoms with Gasteiger partial charge < -0.3 is 4.57 Å². The zero-order valence-corrected chi connectivity index (χ0v) is 21.8. The third-order valence-corrected chi connectivity index (χ3v) is 6.82. The van der Waals surface area contributed by atoms with Gasteiger partial charge in [0, 0.05) is 17.7 Å². The fourth-order valence-corrected chi connectivity index (χ4v) is 4.94. The number of hydrogen-bond acceptors (Lipinski definition) is 3. The average Bonchev–Trinajstić information content (AvgIpc) is 3.01. The molecule has 0 atom stereocenters. The van der Waals surface area contributed by atoms with E-state index in [4.69, 9.17) is 0 Å². The van der Waals surface area contributed by atoms with Crippen LogP contribution in [0.2, 0.25) is 0 Å². The van der Waals surface area contributed by atoms with Crippen LogP contribution in [0, 0.1) is 0 Å². The number of benzene rings is 4. The fourth-order valence-electron chi connectivity index (χ4n) is 4.94. The van der Waals surface area contributed by atoms with Crippen molar-refractivity contribution in [1.82, 2.24) is 4.57 Å². The number of carbonyl (C=O) groups is 2. The molecule has 5 rings (SSSR count). The maximum atomic E-state index is 14.6. The van der Waals surface area contributed by atoms with Gasteiger partial charge in [0.05, 0.1) is 22.5 Å². The van der Waals surface area contributed by atoms with Gasteiger partial charge in [0.2, 0.25) is 5.43 Å². The van der Waals surface area contributed by atoms with Crippen LogP contribution in [0.4, 0.5) is 0 Å². The van der Waals surface area contributed by atoms with E-state index in [0.29, 0.717) is 29.1 Å². The maximum absolute atomic E-state index is 14.6. The van der Waals surface area contributed by atoms with E-state index < -0.39 is 17.0 Å². The van der Waals surface area contributed by atoms with Crippen molar-refractivity contribution in [1.29, 1.82) is 0 Å². The van der Waals surface area contributed by atoms with E-state index in [1.165, 1.54) is 0 Å². The first kappa shape index (κ1) is 25.8. The molecule has 0 fully saturated rings. The lowest BCUT2D eigenvalue weighted by Crippen LogP contribution is -2.30. The molecule has 0 amide bonds. The minimum atomic E-state index is -0.553. The Morgan fingerprint density at radius 2 is 0.923 bits per heavy atom. The number of carbonyl (C=O) groups excluding carboxylic acids is 2. The Bertz CT molecular complexity index is 1540. The molecule has 4 nitrogen and oxygen atoms in total. The van der Waals surface area contributed by atoms with Crippen molar-refractivity contribution in [3.63, 3.8) is 0 Å². The SMILES string of the molecule is CCCCn1c(-c2ccccc2)c(C(=O)c2ccccc2)c(=O)c(C(=O)c2ccccc2)c1-c1ccccc1. The molecular formula is C35H29NO3. The summed E-state index contributed by atoms with van der Waals surface area (Å²) in [5.41, 5.74) is 2.85. The quantitative estimate of drug-likeness (QED) is 0.193. The first-order valence-corrected chi connectivity index (χ1v) is 13.2. The van der Waals surface area contributed by atoms with Crippen molar-refractivity contribution in [2.24, 2.45) is 0 Å². The Morgan fingerprint density at radius 1 is 0.564 bits per heavy atom. The summed E-state index contributed by atoms with van der Waals surface area (Å²) in [4.78, 5) is 42.8. The second-order valence-corrected chi connectivity index (χ2v) is 9.40. The van der Waals surface area contributed by atoms with Crippen molar-refractivity contribution >= 4 is 11.6 Å². The molecule has 0 aliphatic heterocycles. The number of hydrogen-bond donors (Lipinski definition) is 0. The van der Waals surface area contributed by atoms with Gasteiger partial charge in [-0.15, -0.1) is 0 Å². The first-order valence-electron chi connectivity index (χ1n) is 13.2. The largest absolute Gasteiger partial charge is 0.339 e. The number of aromatic nitrogens is 1. The summed E-state index contributed by atoms with van der Waals surface area (Å²) in [5, 5.41) is 0. The second kappa shape index (κ2) is 11.7. The van der Waals surface area contributed by atoms with Crippen LogP contribution in [0.3, 0.4) is 0 Å². The highest BCUT2D eigenvalue weighted by molar-refractivity contribution is 6.17. The van der Waals surface area contributed by atoms with Crippen LogP contribution in [-0.4, -0.2) is 16.1 Å². The van der Waals surface area contributed by atoms with Crippen LogP contribution in [0.25, 0.3) is 22.5 Å². The molecular weight excluding hydrogens is 482 g/mol. The van der Waals surface area contributed by atoms with Crippen LogP contribution in [0.5, 0.6) is 0 Å². The van der Waals surface area contributed by atoms with Crippen LogP contribution in [0.15, 0.2) is 126 Å². The molecule has 1 aromatic heterocycles. The van der Waals surface area contributed by atoms with E-state index in [-0.39, 0.29) is 11.1 Å². The molecule has 0 saturated heterocycles. The third kappa shape index (κ3) is 5.14. The molecule has 0 spiro atoms. The zero-order chi connectivity index (χ0) is 27.2. The predicted molar refractivity (Wildman–Crippen MR) is 156 cm³/mol. The number of ketones is 2. The number of nitrogens with zero attached hydrogens (tertiary/aromatic N) is 1. The summed E-state index contributed by atoms with van der Waals surface area (Å²) in [6.45, 7) is 2.63. The highest BCUT2D eigenvalue weighted by atomic mass is 16.2. The minimum Gasteiger partial charge on any atom is -0.339 e. The van der Waals surface area contributed by atoms with Crippen molar-refractivity contribution in [3.8, 4) is 22.5 Å². The lowest BCUT2D eigenvalue weighted by Gasteiger charge is -2.24. The van der Waals surface area contributed by atoms with Gasteiger partial charge in [-0.25, -0.2) is 0 Å². The topological polar surface area (TPSA) is 56.1 Å². The molecule has 0 bridgehead atoms. The average molecular weight is 512 g/mol. The summed E-state index contributed by atoms with van der Waals surface area (Å²) in [7, 11) is 0. The molecule has 0 saturated carbocycles. The van der Waals surface area contributed by atoms with Crippen molar-refractivity contribution in [2.45, 2.75) is 26.3 Å². The summed E-state index contributed by atoms with van der Waals surface area (Å²) in [5.74, 6) is -0.794. The normalized spacial score (nSPS) is 10.8. The lowest BCUT2D eigenvalue weighted by molar-refractivity contribution is 0.103. The number of rotatable bonds is 9. The Morgan fingerprint density at radius 3 is 1.28 bits per heavy atom. The van der Waals surface area contributed by atoms with E-state index in [9.17, 15) is 14.4 Å². The van der Waals surface area contributed by atoms with E-state index in [0.717, 1.165) is 24.0 Å². The van der Waals surface area contributed by atoms with Gasteiger partial charge in [-0.2, -0.15) is 0 Å². The monoisotopic (exact) mass is 511 g/mol. The van der Waals surface area contributed by atoms with Crippen molar-refractivity contribution in [2.75, 3.05) is 0 Å². The highest BCUT2D eigenvalue weighted by Gasteiger charge is 2.31. The van der Waals surface area contributed by atoms with Crippen molar-refractivity contribution in [3.05, 3.63) is 154 Å². The maximum Gasteiger partial charge on any atom is 0.205 e. The standard InChI is InChI=1S/C35H29NO3/c1-2-3-24-36-31(25-16-8-4-9-17-25)29(33(37)27-20-12-6-13-21-27)35(39)30(32(36)26-18-10-5-11-19-26)34(38)28-22-14-7-15-23-28/h4-23H,2-3,24H2,1H3. The smallest absolute Gasteiger partial charge is 0.205 e. The zero-order valence-electron chi connectivity index (χ0n) is 21.8. The van der Waals surface area contributed by atoms with Gasteiger partial charge >= 0.3 is 0 Å². The molecule has 0 aliphatic rings. The van der Waals surface area contributed by atoms with Crippen LogP contribution >= 0.6 is 0 Å². The molecule has 5 aromatic rings. The summed E-state index contributed by atoms with van der Waals surface area (Å²) < 4.78 is 2.02. The van der Waals surface area contributed by atoms with Gasteiger partial charge in [-0.1, -0.05) is 135 Å². The van der Waals surface area contributed by atoms with E-state index >= 15 is 0 Å². The summed E-state index contributed by atoms with van der Waals surface area (Å²) >= 11 is 0. The first-order chi connectivity index (χ1) is 19.1. The molecule has 0 unspecified atom stereocenters.